The van der Waals surface area contributed by atoms with Crippen LogP contribution in [0.4, 0.5) is 0 Å². The molecule has 0 fully saturated rings. The smallest absolute Gasteiger partial charge is 0.273 e. The maximum Gasteiger partial charge on any atom is 0.273 e. The van der Waals surface area contributed by atoms with Crippen molar-refractivity contribution >= 4 is 5.91 Å². The van der Waals surface area contributed by atoms with Crippen molar-refractivity contribution in [3.05, 3.63) is 60.1 Å². The lowest BCUT2D eigenvalue weighted by molar-refractivity contribution is 0.0941. The van der Waals surface area contributed by atoms with Crippen LogP contribution in [0.15, 0.2) is 47.5 Å². The number of hydrogen-bond acceptors (Lipinski definition) is 6. The van der Waals surface area contributed by atoms with Gasteiger partial charge in [0.05, 0.1) is 17.9 Å². The Kier molecular flexibility index (Phi) is 3.86. The molecule has 3 aromatic rings. The fourth-order valence-corrected chi connectivity index (χ4v) is 1.98. The number of nitrogens with one attached hydrogen (secondary N) is 1. The molecule has 0 unspecified atom stereocenters. The van der Waals surface area contributed by atoms with Gasteiger partial charge in [0.1, 0.15) is 5.76 Å². The molecule has 0 aliphatic rings. The molecule has 22 heavy (non-hydrogen) atoms. The number of aryl methyl sites for hydroxylation is 1. The Balaban J connectivity index is 1.77. The molecule has 3 aromatic heterocycles. The van der Waals surface area contributed by atoms with Crippen molar-refractivity contribution in [3.8, 4) is 11.3 Å². The van der Waals surface area contributed by atoms with Gasteiger partial charge in [-0.3, -0.25) is 19.7 Å². The Morgan fingerprint density at radius 1 is 1.18 bits per heavy atom. The molecule has 0 saturated carbocycles. The normalized spacial score (nSPS) is 10.4. The van der Waals surface area contributed by atoms with Crippen molar-refractivity contribution in [1.29, 1.82) is 0 Å². The largest absolute Gasteiger partial charge is 0.361 e. The molecule has 0 aliphatic heterocycles. The van der Waals surface area contributed by atoms with E-state index in [2.05, 4.69) is 25.4 Å². The van der Waals surface area contributed by atoms with Crippen LogP contribution in [0.2, 0.25) is 0 Å². The average Bonchev–Trinajstić information content (AvgIpc) is 3.00. The van der Waals surface area contributed by atoms with E-state index in [0.717, 1.165) is 5.56 Å². The van der Waals surface area contributed by atoms with E-state index < -0.39 is 0 Å². The predicted molar refractivity (Wildman–Crippen MR) is 77.7 cm³/mol. The van der Waals surface area contributed by atoms with Gasteiger partial charge >= 0.3 is 0 Å². The van der Waals surface area contributed by atoms with Crippen LogP contribution in [0.25, 0.3) is 11.3 Å². The van der Waals surface area contributed by atoms with Gasteiger partial charge in [-0.2, -0.15) is 0 Å². The van der Waals surface area contributed by atoms with Gasteiger partial charge in [0.25, 0.3) is 5.91 Å². The molecule has 110 valence electrons. The van der Waals surface area contributed by atoms with Crippen LogP contribution in [0, 0.1) is 6.92 Å². The summed E-state index contributed by atoms with van der Waals surface area (Å²) in [6, 6.07) is 5.27. The van der Waals surface area contributed by atoms with E-state index in [-0.39, 0.29) is 18.1 Å². The lowest BCUT2D eigenvalue weighted by Crippen LogP contribution is -2.24. The number of rotatable bonds is 4. The second-order valence-electron chi connectivity index (χ2n) is 4.59. The standard InChI is InChI=1S/C15H13N5O2/c1-10-8-12(20-22-10)15(21)19-9-13-14(18-7-6-17-13)11-2-4-16-5-3-11/h2-8H,9H2,1H3,(H,19,21). The quantitative estimate of drug-likeness (QED) is 0.788. The van der Waals surface area contributed by atoms with Crippen molar-refractivity contribution in [2.24, 2.45) is 0 Å². The van der Waals surface area contributed by atoms with Gasteiger partial charge in [-0.15, -0.1) is 0 Å². The Bertz CT molecular complexity index is 785. The van der Waals surface area contributed by atoms with Crippen LogP contribution in [-0.4, -0.2) is 26.0 Å². The molecule has 0 aliphatic carbocycles. The number of amides is 1. The first-order chi connectivity index (χ1) is 10.7. The molecule has 0 bridgehead atoms. The third-order valence-corrected chi connectivity index (χ3v) is 3.00. The highest BCUT2D eigenvalue weighted by atomic mass is 16.5. The Hall–Kier alpha value is -3.09. The number of pyridine rings is 1. The summed E-state index contributed by atoms with van der Waals surface area (Å²) in [5.41, 5.74) is 2.51. The molecule has 0 spiro atoms. The van der Waals surface area contributed by atoms with Crippen molar-refractivity contribution in [2.45, 2.75) is 13.5 Å². The van der Waals surface area contributed by atoms with Crippen LogP contribution in [0.5, 0.6) is 0 Å². The summed E-state index contributed by atoms with van der Waals surface area (Å²) in [7, 11) is 0. The summed E-state index contributed by atoms with van der Waals surface area (Å²) in [6.45, 7) is 1.98. The lowest BCUT2D eigenvalue weighted by atomic mass is 10.1. The van der Waals surface area contributed by atoms with Gasteiger partial charge in [0.2, 0.25) is 0 Å². The van der Waals surface area contributed by atoms with Crippen LogP contribution in [0.3, 0.4) is 0 Å². The number of hydrogen-bond donors (Lipinski definition) is 1. The summed E-state index contributed by atoms with van der Waals surface area (Å²) in [5.74, 6) is 0.269. The molecule has 0 saturated heterocycles. The van der Waals surface area contributed by atoms with E-state index in [1.54, 1.807) is 37.8 Å². The highest BCUT2D eigenvalue weighted by Crippen LogP contribution is 2.18. The van der Waals surface area contributed by atoms with E-state index in [1.807, 2.05) is 12.1 Å². The highest BCUT2D eigenvalue weighted by Gasteiger charge is 2.13. The van der Waals surface area contributed by atoms with Crippen molar-refractivity contribution in [2.75, 3.05) is 0 Å². The molecule has 1 amide bonds. The molecule has 3 heterocycles. The molecule has 1 N–H and O–H groups in total. The lowest BCUT2D eigenvalue weighted by Gasteiger charge is -2.07. The Labute approximate surface area is 126 Å². The maximum atomic E-state index is 12.0. The Morgan fingerprint density at radius 3 is 2.68 bits per heavy atom. The number of aromatic nitrogens is 4. The highest BCUT2D eigenvalue weighted by molar-refractivity contribution is 5.92. The minimum Gasteiger partial charge on any atom is -0.361 e. The molecular weight excluding hydrogens is 282 g/mol. The van der Waals surface area contributed by atoms with Gasteiger partial charge in [-0.05, 0) is 19.1 Å². The van der Waals surface area contributed by atoms with Crippen molar-refractivity contribution in [1.82, 2.24) is 25.4 Å². The Morgan fingerprint density at radius 2 is 1.95 bits per heavy atom. The summed E-state index contributed by atoms with van der Waals surface area (Å²) < 4.78 is 4.88. The van der Waals surface area contributed by atoms with E-state index in [4.69, 9.17) is 4.52 Å². The molecule has 7 nitrogen and oxygen atoms in total. The average molecular weight is 295 g/mol. The second kappa shape index (κ2) is 6.13. The van der Waals surface area contributed by atoms with Crippen LogP contribution >= 0.6 is 0 Å². The van der Waals surface area contributed by atoms with E-state index in [1.165, 1.54) is 0 Å². The molecule has 3 rings (SSSR count). The van der Waals surface area contributed by atoms with E-state index in [9.17, 15) is 4.79 Å². The number of nitrogens with zero attached hydrogens (tertiary/aromatic N) is 4. The topological polar surface area (TPSA) is 93.8 Å². The number of carbonyl (C=O) groups excluding carboxylic acids is 1. The van der Waals surface area contributed by atoms with Crippen molar-refractivity contribution in [3.63, 3.8) is 0 Å². The zero-order valence-corrected chi connectivity index (χ0v) is 11.9. The molecule has 0 radical (unpaired) electrons. The van der Waals surface area contributed by atoms with Gasteiger partial charge in [-0.1, -0.05) is 5.16 Å². The zero-order chi connectivity index (χ0) is 15.4. The minimum absolute atomic E-state index is 0.242. The van der Waals surface area contributed by atoms with Gasteiger partial charge in [0.15, 0.2) is 5.69 Å². The summed E-state index contributed by atoms with van der Waals surface area (Å²) in [5, 5.41) is 6.44. The van der Waals surface area contributed by atoms with Crippen molar-refractivity contribution < 1.29 is 9.32 Å². The fraction of sp³-hybridized carbons (Fsp3) is 0.133. The van der Waals surface area contributed by atoms with Gasteiger partial charge in [-0.25, -0.2) is 0 Å². The zero-order valence-electron chi connectivity index (χ0n) is 11.9. The second-order valence-corrected chi connectivity index (χ2v) is 4.59. The monoisotopic (exact) mass is 295 g/mol. The van der Waals surface area contributed by atoms with Gasteiger partial charge < -0.3 is 9.84 Å². The van der Waals surface area contributed by atoms with Crippen LogP contribution < -0.4 is 5.32 Å². The third-order valence-electron chi connectivity index (χ3n) is 3.00. The first-order valence-corrected chi connectivity index (χ1v) is 6.66. The molecule has 0 aromatic carbocycles. The minimum atomic E-state index is -0.316. The number of carbonyl (C=O) groups is 1. The maximum absolute atomic E-state index is 12.0. The fourth-order valence-electron chi connectivity index (χ4n) is 1.98. The van der Waals surface area contributed by atoms with Crippen LogP contribution in [-0.2, 0) is 6.54 Å². The summed E-state index contributed by atoms with van der Waals surface area (Å²) in [6.07, 6.45) is 6.57. The first kappa shape index (κ1) is 13.9. The predicted octanol–water partition coefficient (Wildman–Crippen LogP) is 1.77. The van der Waals surface area contributed by atoms with E-state index in [0.29, 0.717) is 17.1 Å². The third kappa shape index (κ3) is 2.98. The molecule has 7 heteroatoms. The summed E-state index contributed by atoms with van der Waals surface area (Å²) >= 11 is 0. The summed E-state index contributed by atoms with van der Waals surface area (Å²) in [4.78, 5) is 24.6. The SMILES string of the molecule is Cc1cc(C(=O)NCc2nccnc2-c2ccncc2)no1. The van der Waals surface area contributed by atoms with Gasteiger partial charge in [0, 0.05) is 36.4 Å². The van der Waals surface area contributed by atoms with E-state index >= 15 is 0 Å². The van der Waals surface area contributed by atoms with Crippen LogP contribution in [0.1, 0.15) is 21.9 Å². The molecule has 0 atom stereocenters. The first-order valence-electron chi connectivity index (χ1n) is 6.66. The molecular formula is C15H13N5O2.